The summed E-state index contributed by atoms with van der Waals surface area (Å²) in [7, 11) is 0. The molecule has 2 aliphatic rings. The molecular weight excluding hydrogens is 260 g/mol. The highest BCUT2D eigenvalue weighted by atomic mass is 35.5. The zero-order valence-electron chi connectivity index (χ0n) is 11.2. The number of carbonyl (C=O) groups excluding carboxylic acids is 1. The van der Waals surface area contributed by atoms with Crippen molar-refractivity contribution in [1.82, 2.24) is 10.2 Å². The zero-order chi connectivity index (χ0) is 13.4. The smallest absolute Gasteiger partial charge is 0.219 e. The Bertz CT molecular complexity index is 503. The second kappa shape index (κ2) is 5.14. The molecule has 0 radical (unpaired) electrons. The molecule has 4 heteroatoms. The monoisotopic (exact) mass is 278 g/mol. The number of hydrogen-bond donors (Lipinski definition) is 1. The summed E-state index contributed by atoms with van der Waals surface area (Å²) in [5, 5.41) is 4.52. The van der Waals surface area contributed by atoms with Gasteiger partial charge in [-0.15, -0.1) is 0 Å². The Hall–Kier alpha value is -1.06. The summed E-state index contributed by atoms with van der Waals surface area (Å²) in [6.07, 6.45) is 3.28. The lowest BCUT2D eigenvalue weighted by atomic mass is 10.1. The Kier molecular flexibility index (Phi) is 3.50. The van der Waals surface area contributed by atoms with Crippen molar-refractivity contribution in [3.05, 3.63) is 34.3 Å². The van der Waals surface area contributed by atoms with Crippen LogP contribution in [-0.2, 0) is 11.2 Å². The number of hydrogen-bond acceptors (Lipinski definition) is 2. The highest BCUT2D eigenvalue weighted by Crippen LogP contribution is 2.33. The van der Waals surface area contributed by atoms with E-state index in [2.05, 4.69) is 17.4 Å². The molecule has 1 fully saturated rings. The first-order valence-electron chi connectivity index (χ1n) is 6.93. The van der Waals surface area contributed by atoms with Crippen molar-refractivity contribution >= 4 is 17.5 Å². The average molecular weight is 279 g/mol. The lowest BCUT2D eigenvalue weighted by molar-refractivity contribution is -0.127. The van der Waals surface area contributed by atoms with Crippen LogP contribution < -0.4 is 5.32 Å². The molecule has 1 saturated heterocycles. The van der Waals surface area contributed by atoms with E-state index in [1.807, 2.05) is 11.0 Å². The molecule has 2 atom stereocenters. The van der Waals surface area contributed by atoms with Gasteiger partial charge in [0.05, 0.1) is 0 Å². The van der Waals surface area contributed by atoms with Gasteiger partial charge in [-0.3, -0.25) is 4.79 Å². The van der Waals surface area contributed by atoms with Crippen LogP contribution in [0, 0.1) is 0 Å². The number of halogens is 1. The molecule has 3 nitrogen and oxygen atoms in total. The summed E-state index contributed by atoms with van der Waals surface area (Å²) in [6, 6.07) is 7.03. The number of likely N-dealkylation sites (tertiary alicyclic amines) is 1. The molecule has 1 aliphatic carbocycles. The fourth-order valence-electron chi connectivity index (χ4n) is 3.23. The van der Waals surface area contributed by atoms with E-state index in [4.69, 9.17) is 11.6 Å². The van der Waals surface area contributed by atoms with E-state index in [1.54, 1.807) is 6.92 Å². The summed E-state index contributed by atoms with van der Waals surface area (Å²) in [6.45, 7) is 3.37. The molecule has 1 aromatic rings. The molecule has 1 aromatic carbocycles. The van der Waals surface area contributed by atoms with Gasteiger partial charge < -0.3 is 10.2 Å². The zero-order valence-corrected chi connectivity index (χ0v) is 11.9. The van der Waals surface area contributed by atoms with E-state index in [-0.39, 0.29) is 5.91 Å². The van der Waals surface area contributed by atoms with Crippen LogP contribution in [0.3, 0.4) is 0 Å². The third-order valence-electron chi connectivity index (χ3n) is 4.25. The molecule has 102 valence electrons. The van der Waals surface area contributed by atoms with Gasteiger partial charge in [0.2, 0.25) is 5.91 Å². The van der Waals surface area contributed by atoms with Crippen LogP contribution >= 0.6 is 11.6 Å². The average Bonchev–Trinajstić information content (AvgIpc) is 2.97. The van der Waals surface area contributed by atoms with Crippen molar-refractivity contribution in [2.75, 3.05) is 13.1 Å². The SMILES string of the molecule is CC(=O)N1CC[C@@H](NC2CCc3cc(Cl)ccc32)C1. The lowest BCUT2D eigenvalue weighted by Crippen LogP contribution is -2.35. The molecule has 0 bridgehead atoms. The number of benzene rings is 1. The van der Waals surface area contributed by atoms with Gasteiger partial charge in [0, 0.05) is 37.1 Å². The molecular formula is C15H19ClN2O. The fraction of sp³-hybridized carbons (Fsp3) is 0.533. The highest BCUT2D eigenvalue weighted by Gasteiger charge is 2.29. The maximum atomic E-state index is 11.3. The van der Waals surface area contributed by atoms with Gasteiger partial charge >= 0.3 is 0 Å². The maximum absolute atomic E-state index is 11.3. The lowest BCUT2D eigenvalue weighted by Gasteiger charge is -2.20. The Morgan fingerprint density at radius 1 is 1.42 bits per heavy atom. The number of rotatable bonds is 2. The quantitative estimate of drug-likeness (QED) is 0.902. The van der Waals surface area contributed by atoms with Crippen molar-refractivity contribution in [3.8, 4) is 0 Å². The molecule has 1 unspecified atom stereocenters. The van der Waals surface area contributed by atoms with Crippen molar-refractivity contribution in [2.24, 2.45) is 0 Å². The van der Waals surface area contributed by atoms with Crippen LogP contribution in [0.4, 0.5) is 0 Å². The molecule has 1 amide bonds. The summed E-state index contributed by atoms with van der Waals surface area (Å²) in [5.74, 6) is 0.183. The van der Waals surface area contributed by atoms with Crippen molar-refractivity contribution < 1.29 is 4.79 Å². The minimum absolute atomic E-state index is 0.183. The fourth-order valence-corrected chi connectivity index (χ4v) is 3.42. The minimum atomic E-state index is 0.183. The van der Waals surface area contributed by atoms with Gasteiger partial charge in [0.15, 0.2) is 0 Å². The topological polar surface area (TPSA) is 32.3 Å². The van der Waals surface area contributed by atoms with Crippen molar-refractivity contribution in [1.29, 1.82) is 0 Å². The standard InChI is InChI=1S/C15H19ClN2O/c1-10(19)18-7-6-13(9-18)17-15-5-2-11-8-12(16)3-4-14(11)15/h3-4,8,13,15,17H,2,5-7,9H2,1H3/t13-,15?/m1/s1. The molecule has 0 saturated carbocycles. The number of nitrogens with one attached hydrogen (secondary N) is 1. The second-order valence-electron chi connectivity index (χ2n) is 5.55. The van der Waals surface area contributed by atoms with Crippen LogP contribution in [0.2, 0.25) is 5.02 Å². The van der Waals surface area contributed by atoms with E-state index in [1.165, 1.54) is 11.1 Å². The molecule has 3 rings (SSSR count). The van der Waals surface area contributed by atoms with Gasteiger partial charge in [-0.2, -0.15) is 0 Å². The van der Waals surface area contributed by atoms with Crippen LogP contribution in [0.5, 0.6) is 0 Å². The number of carbonyl (C=O) groups is 1. The molecule has 0 aromatic heterocycles. The van der Waals surface area contributed by atoms with Crippen molar-refractivity contribution in [2.45, 2.75) is 38.3 Å². The molecule has 1 heterocycles. The molecule has 1 aliphatic heterocycles. The van der Waals surface area contributed by atoms with E-state index in [9.17, 15) is 4.79 Å². The van der Waals surface area contributed by atoms with Crippen LogP contribution in [0.15, 0.2) is 18.2 Å². The summed E-state index contributed by atoms with van der Waals surface area (Å²) < 4.78 is 0. The maximum Gasteiger partial charge on any atom is 0.219 e. The van der Waals surface area contributed by atoms with Gasteiger partial charge in [0.1, 0.15) is 0 Å². The van der Waals surface area contributed by atoms with E-state index >= 15 is 0 Å². The summed E-state index contributed by atoms with van der Waals surface area (Å²) >= 11 is 6.03. The molecule has 0 spiro atoms. The Balaban J connectivity index is 1.66. The van der Waals surface area contributed by atoms with Gasteiger partial charge in [-0.25, -0.2) is 0 Å². The molecule has 19 heavy (non-hydrogen) atoms. The highest BCUT2D eigenvalue weighted by molar-refractivity contribution is 6.30. The van der Waals surface area contributed by atoms with Gasteiger partial charge in [-0.05, 0) is 42.5 Å². The third-order valence-corrected chi connectivity index (χ3v) is 4.49. The Morgan fingerprint density at radius 2 is 2.26 bits per heavy atom. The third kappa shape index (κ3) is 2.63. The van der Waals surface area contributed by atoms with Gasteiger partial charge in [0.25, 0.3) is 0 Å². The normalized spacial score (nSPS) is 25.7. The Labute approximate surface area is 118 Å². The van der Waals surface area contributed by atoms with Crippen molar-refractivity contribution in [3.63, 3.8) is 0 Å². The summed E-state index contributed by atoms with van der Waals surface area (Å²) in [5.41, 5.74) is 2.75. The largest absolute Gasteiger partial charge is 0.341 e. The van der Waals surface area contributed by atoms with E-state index in [0.29, 0.717) is 12.1 Å². The predicted octanol–water partition coefficient (Wildman–Crippen LogP) is 2.54. The number of nitrogens with zero attached hydrogens (tertiary/aromatic N) is 1. The van der Waals surface area contributed by atoms with E-state index < -0.39 is 0 Å². The first kappa shape index (κ1) is 12.9. The number of aryl methyl sites for hydroxylation is 1. The minimum Gasteiger partial charge on any atom is -0.341 e. The van der Waals surface area contributed by atoms with Crippen LogP contribution in [0.25, 0.3) is 0 Å². The van der Waals surface area contributed by atoms with E-state index in [0.717, 1.165) is 37.4 Å². The number of amides is 1. The second-order valence-corrected chi connectivity index (χ2v) is 5.99. The summed E-state index contributed by atoms with van der Waals surface area (Å²) in [4.78, 5) is 13.3. The van der Waals surface area contributed by atoms with Crippen LogP contribution in [-0.4, -0.2) is 29.9 Å². The van der Waals surface area contributed by atoms with Crippen LogP contribution in [0.1, 0.15) is 36.9 Å². The Morgan fingerprint density at radius 3 is 3.00 bits per heavy atom. The number of fused-ring (bicyclic) bond motifs is 1. The predicted molar refractivity (Wildman–Crippen MR) is 76.3 cm³/mol. The first-order valence-corrected chi connectivity index (χ1v) is 7.31. The first-order chi connectivity index (χ1) is 9.13. The molecule has 1 N–H and O–H groups in total. The van der Waals surface area contributed by atoms with Gasteiger partial charge in [-0.1, -0.05) is 17.7 Å².